The number of carbonyl (C=O) groups is 1. The van der Waals surface area contributed by atoms with Crippen LogP contribution in [0.25, 0.3) is 0 Å². The third kappa shape index (κ3) is 3.55. The maximum atomic E-state index is 13.4. The lowest BCUT2D eigenvalue weighted by Crippen LogP contribution is -2.50. The van der Waals surface area contributed by atoms with Crippen molar-refractivity contribution in [3.63, 3.8) is 0 Å². The van der Waals surface area contributed by atoms with Crippen LogP contribution in [0.15, 0.2) is 24.3 Å². The molecule has 1 N–H and O–H groups in total. The Morgan fingerprint density at radius 2 is 1.85 bits per heavy atom. The topological polar surface area (TPSA) is 67.6 Å². The molecule has 4 rings (SSSR count). The zero-order chi connectivity index (χ0) is 18.9. The van der Waals surface area contributed by atoms with Gasteiger partial charge in [-0.25, -0.2) is 0 Å². The fraction of sp³-hybridized carbons (Fsp3) is 0.636. The summed E-state index contributed by atoms with van der Waals surface area (Å²) >= 11 is 0. The van der Waals surface area contributed by atoms with Crippen LogP contribution >= 0.6 is 0 Å². The number of aliphatic hydroxyl groups excluding tert-OH is 1. The van der Waals surface area contributed by atoms with E-state index in [2.05, 4.69) is 28.0 Å². The molecule has 2 saturated heterocycles. The second-order valence-electron chi connectivity index (χ2n) is 8.52. The molecule has 1 aromatic carbocycles. The molecule has 2 heterocycles. The Morgan fingerprint density at radius 3 is 2.56 bits per heavy atom. The molecule has 0 aromatic heterocycles. The number of nitriles is 1. The highest BCUT2D eigenvalue weighted by Gasteiger charge is 2.50. The van der Waals surface area contributed by atoms with Gasteiger partial charge in [0.25, 0.3) is 0 Å². The van der Waals surface area contributed by atoms with Crippen LogP contribution in [0, 0.1) is 16.7 Å². The Bertz CT molecular complexity index is 718. The predicted octanol–water partition coefficient (Wildman–Crippen LogP) is 2.88. The highest BCUT2D eigenvalue weighted by molar-refractivity contribution is 5.86. The number of benzene rings is 1. The normalized spacial score (nSPS) is 31.3. The molecule has 5 heteroatoms. The molecule has 1 aromatic rings. The van der Waals surface area contributed by atoms with Crippen molar-refractivity contribution in [2.45, 2.75) is 63.5 Å². The van der Waals surface area contributed by atoms with E-state index in [4.69, 9.17) is 5.26 Å². The first-order valence-corrected chi connectivity index (χ1v) is 10.3. The van der Waals surface area contributed by atoms with E-state index in [9.17, 15) is 9.90 Å². The molecule has 1 unspecified atom stereocenters. The van der Waals surface area contributed by atoms with E-state index in [-0.39, 0.29) is 11.5 Å². The zero-order valence-electron chi connectivity index (χ0n) is 15.9. The summed E-state index contributed by atoms with van der Waals surface area (Å²) in [5, 5.41) is 18.6. The number of likely N-dealkylation sites (tertiary alicyclic amines) is 1. The molecule has 3 fully saturated rings. The van der Waals surface area contributed by atoms with Crippen LogP contribution in [0.3, 0.4) is 0 Å². The van der Waals surface area contributed by atoms with Gasteiger partial charge in [0.05, 0.1) is 24.0 Å². The molecule has 1 amide bonds. The number of piperidine rings is 1. The standard InChI is InChI=1S/C22H29N3O2/c23-13-10-17-2-4-18(5-3-17)24-14-1-11-22(16-24)12-15-25(21(22)27)19-6-8-20(26)9-7-19/h2-5,19-20,26H,1,6-12,14-16H2. The molecule has 2 aliphatic heterocycles. The number of carbonyl (C=O) groups excluding carboxylic acids is 1. The molecule has 5 nitrogen and oxygen atoms in total. The molecule has 1 spiro atoms. The number of hydrogen-bond donors (Lipinski definition) is 1. The molecular weight excluding hydrogens is 338 g/mol. The average Bonchev–Trinajstić information content (AvgIpc) is 2.99. The highest BCUT2D eigenvalue weighted by Crippen LogP contribution is 2.43. The third-order valence-corrected chi connectivity index (χ3v) is 6.81. The van der Waals surface area contributed by atoms with Gasteiger partial charge in [0.2, 0.25) is 5.91 Å². The van der Waals surface area contributed by atoms with Crippen molar-refractivity contribution in [1.29, 1.82) is 5.26 Å². The number of nitrogens with zero attached hydrogens (tertiary/aromatic N) is 3. The van der Waals surface area contributed by atoms with Gasteiger partial charge in [0.1, 0.15) is 0 Å². The van der Waals surface area contributed by atoms with Crippen LogP contribution in [-0.4, -0.2) is 47.7 Å². The maximum Gasteiger partial charge on any atom is 0.230 e. The van der Waals surface area contributed by atoms with Crippen LogP contribution < -0.4 is 4.90 Å². The van der Waals surface area contributed by atoms with Crippen LogP contribution in [0.1, 0.15) is 50.5 Å². The largest absolute Gasteiger partial charge is 0.393 e. The monoisotopic (exact) mass is 367 g/mol. The summed E-state index contributed by atoms with van der Waals surface area (Å²) in [5.41, 5.74) is 1.96. The molecule has 1 aliphatic carbocycles. The molecule has 0 bridgehead atoms. The fourth-order valence-corrected chi connectivity index (χ4v) is 5.21. The van der Waals surface area contributed by atoms with Gasteiger partial charge in [-0.1, -0.05) is 12.1 Å². The van der Waals surface area contributed by atoms with E-state index in [1.807, 2.05) is 12.1 Å². The van der Waals surface area contributed by atoms with Crippen molar-refractivity contribution in [3.05, 3.63) is 29.8 Å². The van der Waals surface area contributed by atoms with E-state index in [0.29, 0.717) is 18.4 Å². The summed E-state index contributed by atoms with van der Waals surface area (Å²) in [5.74, 6) is 0.342. The molecule has 27 heavy (non-hydrogen) atoms. The third-order valence-electron chi connectivity index (χ3n) is 6.81. The van der Waals surface area contributed by atoms with Gasteiger partial charge in [-0.3, -0.25) is 4.79 Å². The van der Waals surface area contributed by atoms with E-state index in [0.717, 1.165) is 75.8 Å². The van der Waals surface area contributed by atoms with Crippen molar-refractivity contribution in [2.75, 3.05) is 24.5 Å². The van der Waals surface area contributed by atoms with Gasteiger partial charge in [-0.2, -0.15) is 5.26 Å². The van der Waals surface area contributed by atoms with Crippen LogP contribution in [0.5, 0.6) is 0 Å². The lowest BCUT2D eigenvalue weighted by molar-refractivity contribution is -0.139. The Labute approximate surface area is 161 Å². The second kappa shape index (κ2) is 7.52. The van der Waals surface area contributed by atoms with E-state index < -0.39 is 0 Å². The first-order valence-electron chi connectivity index (χ1n) is 10.3. The van der Waals surface area contributed by atoms with E-state index >= 15 is 0 Å². The summed E-state index contributed by atoms with van der Waals surface area (Å²) in [7, 11) is 0. The summed E-state index contributed by atoms with van der Waals surface area (Å²) < 4.78 is 0. The second-order valence-corrected chi connectivity index (χ2v) is 8.52. The zero-order valence-corrected chi connectivity index (χ0v) is 15.9. The van der Waals surface area contributed by atoms with Crippen LogP contribution in [0.4, 0.5) is 5.69 Å². The average molecular weight is 367 g/mol. The summed E-state index contributed by atoms with van der Waals surface area (Å²) in [6, 6.07) is 10.7. The first-order chi connectivity index (χ1) is 13.1. The molecule has 3 aliphatic rings. The lowest BCUT2D eigenvalue weighted by atomic mass is 9.78. The minimum Gasteiger partial charge on any atom is -0.393 e. The number of rotatable bonds is 3. The Hall–Kier alpha value is -2.06. The van der Waals surface area contributed by atoms with Crippen molar-refractivity contribution in [2.24, 2.45) is 5.41 Å². The Morgan fingerprint density at radius 1 is 1.11 bits per heavy atom. The Balaban J connectivity index is 1.45. The van der Waals surface area contributed by atoms with E-state index in [1.54, 1.807) is 0 Å². The fourth-order valence-electron chi connectivity index (χ4n) is 5.21. The van der Waals surface area contributed by atoms with Gasteiger partial charge in [-0.05, 0) is 62.6 Å². The van der Waals surface area contributed by atoms with Gasteiger partial charge in [-0.15, -0.1) is 0 Å². The van der Waals surface area contributed by atoms with Gasteiger partial charge < -0.3 is 14.9 Å². The minimum absolute atomic E-state index is 0.179. The number of anilines is 1. The van der Waals surface area contributed by atoms with Crippen LogP contribution in [0.2, 0.25) is 0 Å². The van der Waals surface area contributed by atoms with Gasteiger partial charge >= 0.3 is 0 Å². The quantitative estimate of drug-likeness (QED) is 0.892. The smallest absolute Gasteiger partial charge is 0.230 e. The molecule has 144 valence electrons. The minimum atomic E-state index is -0.236. The Kier molecular flexibility index (Phi) is 5.10. The van der Waals surface area contributed by atoms with Crippen molar-refractivity contribution >= 4 is 11.6 Å². The predicted molar refractivity (Wildman–Crippen MR) is 104 cm³/mol. The summed E-state index contributed by atoms with van der Waals surface area (Å²) in [6.07, 6.45) is 6.76. The first kappa shape index (κ1) is 18.3. The van der Waals surface area contributed by atoms with Gasteiger partial charge in [0.15, 0.2) is 0 Å². The highest BCUT2D eigenvalue weighted by atomic mass is 16.3. The summed E-state index contributed by atoms with van der Waals surface area (Å²) in [6.45, 7) is 2.66. The SMILES string of the molecule is N#CCc1ccc(N2CCCC3(CCN(C4CCC(O)CC4)C3=O)C2)cc1. The number of hydrogen-bond acceptors (Lipinski definition) is 4. The molecule has 1 atom stereocenters. The molecule has 1 saturated carbocycles. The number of aliphatic hydroxyl groups is 1. The maximum absolute atomic E-state index is 13.4. The van der Waals surface area contributed by atoms with Gasteiger partial charge in [0, 0.05) is 31.4 Å². The van der Waals surface area contributed by atoms with E-state index in [1.165, 1.54) is 0 Å². The number of amides is 1. The van der Waals surface area contributed by atoms with Crippen molar-refractivity contribution < 1.29 is 9.90 Å². The van der Waals surface area contributed by atoms with Crippen molar-refractivity contribution in [3.8, 4) is 6.07 Å². The molecule has 0 radical (unpaired) electrons. The van der Waals surface area contributed by atoms with Crippen LogP contribution in [-0.2, 0) is 11.2 Å². The molecular formula is C22H29N3O2. The van der Waals surface area contributed by atoms with Crippen molar-refractivity contribution in [1.82, 2.24) is 4.90 Å². The summed E-state index contributed by atoms with van der Waals surface area (Å²) in [4.78, 5) is 17.9. The lowest BCUT2D eigenvalue weighted by Gasteiger charge is -2.41.